The van der Waals surface area contributed by atoms with Crippen molar-refractivity contribution in [2.45, 2.75) is 122 Å². The maximum absolute atomic E-state index is 8.97. The van der Waals surface area contributed by atoms with Gasteiger partial charge < -0.3 is 14.7 Å². The largest absolute Gasteiger partial charge is 0.633 e. The second-order valence-corrected chi connectivity index (χ2v) is 8.70. The van der Waals surface area contributed by atoms with Crippen LogP contribution in [0, 0.1) is 0 Å². The summed E-state index contributed by atoms with van der Waals surface area (Å²) in [6, 6.07) is 5.86. The number of hydrogen-bond donors (Lipinski definition) is 2. The standard InChI is InChI=1S/C25H46BNO3/c1-2-3-4-5-6-7-8-9-10-11-12-13-14-15-16-17-20-24(23-30-26(28)29)25-21-18-19-22-27-25/h18-19,21-22,24,28-29H,2-17,20,23H2,1H3. The fraction of sp³-hybridized carbons (Fsp3) is 0.800. The summed E-state index contributed by atoms with van der Waals surface area (Å²) in [5.41, 5.74) is 0.971. The summed E-state index contributed by atoms with van der Waals surface area (Å²) in [6.07, 6.45) is 24.6. The number of pyridine rings is 1. The average Bonchev–Trinajstić information content (AvgIpc) is 2.76. The third-order valence-corrected chi connectivity index (χ3v) is 5.96. The van der Waals surface area contributed by atoms with E-state index in [1.165, 1.54) is 96.3 Å². The highest BCUT2D eigenvalue weighted by molar-refractivity contribution is 6.32. The predicted octanol–water partition coefficient (Wildman–Crippen LogP) is 6.80. The lowest BCUT2D eigenvalue weighted by Gasteiger charge is -2.16. The average molecular weight is 419 g/mol. The zero-order chi connectivity index (χ0) is 21.7. The first kappa shape index (κ1) is 27.1. The van der Waals surface area contributed by atoms with Crippen LogP contribution in [-0.2, 0) is 4.65 Å². The first-order chi connectivity index (χ1) is 14.7. The minimum absolute atomic E-state index is 0.125. The molecule has 1 aromatic heterocycles. The minimum atomic E-state index is -1.71. The normalized spacial score (nSPS) is 12.2. The number of aromatic nitrogens is 1. The SMILES string of the molecule is CCCCCCCCCCCCCCCCCCC(COB(O)O)c1ccccn1. The second kappa shape index (κ2) is 20.0. The Kier molecular flexibility index (Phi) is 18.1. The fourth-order valence-electron chi connectivity index (χ4n) is 4.08. The summed E-state index contributed by atoms with van der Waals surface area (Å²) in [5, 5.41) is 17.9. The molecule has 0 saturated carbocycles. The number of nitrogens with zero attached hydrogens (tertiary/aromatic N) is 1. The van der Waals surface area contributed by atoms with Gasteiger partial charge in [0.2, 0.25) is 0 Å². The maximum atomic E-state index is 8.97. The zero-order valence-electron chi connectivity index (χ0n) is 19.4. The molecule has 1 rings (SSSR count). The van der Waals surface area contributed by atoms with E-state index < -0.39 is 7.32 Å². The monoisotopic (exact) mass is 419 g/mol. The highest BCUT2D eigenvalue weighted by Gasteiger charge is 2.17. The lowest BCUT2D eigenvalue weighted by atomic mass is 9.96. The summed E-state index contributed by atoms with van der Waals surface area (Å²) in [5.74, 6) is 0.125. The molecular weight excluding hydrogens is 373 g/mol. The van der Waals surface area contributed by atoms with Gasteiger partial charge in [-0.15, -0.1) is 0 Å². The van der Waals surface area contributed by atoms with Crippen LogP contribution in [0.5, 0.6) is 0 Å². The highest BCUT2D eigenvalue weighted by atomic mass is 16.6. The van der Waals surface area contributed by atoms with E-state index in [1.807, 2.05) is 18.2 Å². The van der Waals surface area contributed by atoms with E-state index in [1.54, 1.807) is 6.20 Å². The van der Waals surface area contributed by atoms with Crippen LogP contribution in [0.2, 0.25) is 0 Å². The van der Waals surface area contributed by atoms with E-state index in [0.717, 1.165) is 18.5 Å². The molecule has 0 radical (unpaired) electrons. The first-order valence-electron chi connectivity index (χ1n) is 12.6. The van der Waals surface area contributed by atoms with Gasteiger partial charge in [0, 0.05) is 24.4 Å². The Labute approximate surface area is 186 Å². The number of rotatable bonds is 21. The van der Waals surface area contributed by atoms with Gasteiger partial charge in [0.15, 0.2) is 0 Å². The summed E-state index contributed by atoms with van der Waals surface area (Å²) in [4.78, 5) is 4.41. The molecule has 1 atom stereocenters. The summed E-state index contributed by atoms with van der Waals surface area (Å²) < 4.78 is 5.01. The molecular formula is C25H46BNO3. The van der Waals surface area contributed by atoms with Crippen LogP contribution < -0.4 is 0 Å². The van der Waals surface area contributed by atoms with Gasteiger partial charge in [0.05, 0.1) is 0 Å². The van der Waals surface area contributed by atoms with Crippen molar-refractivity contribution in [3.05, 3.63) is 30.1 Å². The molecule has 0 aliphatic heterocycles. The van der Waals surface area contributed by atoms with Gasteiger partial charge in [0.25, 0.3) is 0 Å². The van der Waals surface area contributed by atoms with Crippen molar-refractivity contribution in [3.8, 4) is 0 Å². The Bertz CT molecular complexity index is 473. The lowest BCUT2D eigenvalue weighted by molar-refractivity contribution is 0.169. The molecule has 0 fully saturated rings. The van der Waals surface area contributed by atoms with E-state index >= 15 is 0 Å². The molecule has 0 bridgehead atoms. The van der Waals surface area contributed by atoms with Crippen LogP contribution >= 0.6 is 0 Å². The second-order valence-electron chi connectivity index (χ2n) is 8.70. The van der Waals surface area contributed by atoms with Crippen molar-refractivity contribution in [2.24, 2.45) is 0 Å². The molecule has 0 amide bonds. The minimum Gasteiger partial charge on any atom is -0.402 e. The van der Waals surface area contributed by atoms with Gasteiger partial charge in [-0.3, -0.25) is 4.98 Å². The summed E-state index contributed by atoms with van der Waals surface area (Å²) in [7, 11) is -1.71. The molecule has 30 heavy (non-hydrogen) atoms. The van der Waals surface area contributed by atoms with Crippen molar-refractivity contribution in [2.75, 3.05) is 6.61 Å². The quantitative estimate of drug-likeness (QED) is 0.170. The van der Waals surface area contributed by atoms with Gasteiger partial charge in [-0.25, -0.2) is 0 Å². The molecule has 1 heterocycles. The van der Waals surface area contributed by atoms with Crippen LogP contribution in [0.25, 0.3) is 0 Å². The third kappa shape index (κ3) is 15.9. The van der Waals surface area contributed by atoms with E-state index in [2.05, 4.69) is 11.9 Å². The van der Waals surface area contributed by atoms with Gasteiger partial charge in [-0.1, -0.05) is 116 Å². The van der Waals surface area contributed by atoms with Crippen molar-refractivity contribution in [3.63, 3.8) is 0 Å². The van der Waals surface area contributed by atoms with Crippen molar-refractivity contribution >= 4 is 7.32 Å². The molecule has 172 valence electrons. The van der Waals surface area contributed by atoms with Crippen LogP contribution in [0.3, 0.4) is 0 Å². The number of hydrogen-bond acceptors (Lipinski definition) is 4. The Morgan fingerprint density at radius 1 is 0.767 bits per heavy atom. The molecule has 0 aliphatic carbocycles. The lowest BCUT2D eigenvalue weighted by Crippen LogP contribution is -2.21. The summed E-state index contributed by atoms with van der Waals surface area (Å²) in [6.45, 7) is 2.58. The Hall–Kier alpha value is -0.905. The molecule has 1 aromatic rings. The van der Waals surface area contributed by atoms with Crippen LogP contribution in [0.1, 0.15) is 128 Å². The van der Waals surface area contributed by atoms with Crippen LogP contribution in [0.4, 0.5) is 0 Å². The van der Waals surface area contributed by atoms with Gasteiger partial charge in [-0.2, -0.15) is 0 Å². The maximum Gasteiger partial charge on any atom is 0.633 e. The van der Waals surface area contributed by atoms with Crippen LogP contribution in [-0.4, -0.2) is 29.0 Å². The van der Waals surface area contributed by atoms with Crippen molar-refractivity contribution < 1.29 is 14.7 Å². The molecule has 0 saturated heterocycles. The summed E-state index contributed by atoms with van der Waals surface area (Å²) >= 11 is 0. The fourth-order valence-corrected chi connectivity index (χ4v) is 4.08. The third-order valence-electron chi connectivity index (χ3n) is 5.96. The van der Waals surface area contributed by atoms with E-state index in [0.29, 0.717) is 6.61 Å². The van der Waals surface area contributed by atoms with E-state index in [9.17, 15) is 0 Å². The Morgan fingerprint density at radius 3 is 1.70 bits per heavy atom. The topological polar surface area (TPSA) is 62.6 Å². The van der Waals surface area contributed by atoms with Gasteiger partial charge >= 0.3 is 7.32 Å². The molecule has 1 unspecified atom stereocenters. The van der Waals surface area contributed by atoms with E-state index in [-0.39, 0.29) is 5.92 Å². The predicted molar refractivity (Wildman–Crippen MR) is 127 cm³/mol. The molecule has 0 aromatic carbocycles. The Balaban J connectivity index is 1.94. The van der Waals surface area contributed by atoms with Gasteiger partial charge in [0.1, 0.15) is 0 Å². The highest BCUT2D eigenvalue weighted by Crippen LogP contribution is 2.22. The van der Waals surface area contributed by atoms with Gasteiger partial charge in [-0.05, 0) is 18.6 Å². The van der Waals surface area contributed by atoms with Crippen molar-refractivity contribution in [1.29, 1.82) is 0 Å². The molecule has 0 spiro atoms. The molecule has 5 heteroatoms. The van der Waals surface area contributed by atoms with E-state index in [4.69, 9.17) is 14.7 Å². The molecule has 2 N–H and O–H groups in total. The smallest absolute Gasteiger partial charge is 0.402 e. The zero-order valence-corrected chi connectivity index (χ0v) is 19.4. The molecule has 0 aliphatic rings. The molecule has 4 nitrogen and oxygen atoms in total. The van der Waals surface area contributed by atoms with Crippen LogP contribution in [0.15, 0.2) is 24.4 Å². The first-order valence-corrected chi connectivity index (χ1v) is 12.6. The van der Waals surface area contributed by atoms with Crippen molar-refractivity contribution in [1.82, 2.24) is 4.98 Å². The Morgan fingerprint density at radius 2 is 1.27 bits per heavy atom. The number of unbranched alkanes of at least 4 members (excludes halogenated alkanes) is 15.